The van der Waals surface area contributed by atoms with Crippen molar-refractivity contribution in [1.82, 2.24) is 0 Å². The number of rotatable bonds is 2. The normalized spacial score (nSPS) is 12.6. The fourth-order valence-corrected chi connectivity index (χ4v) is 1.24. The van der Waals surface area contributed by atoms with E-state index >= 15 is 0 Å². The van der Waals surface area contributed by atoms with Crippen LogP contribution < -0.4 is 5.73 Å². The summed E-state index contributed by atoms with van der Waals surface area (Å²) in [4.78, 5) is 10.8. The topological polar surface area (TPSA) is 43.1 Å². The molecule has 1 aromatic carbocycles. The van der Waals surface area contributed by atoms with Gasteiger partial charge in [-0.15, -0.1) is 0 Å². The van der Waals surface area contributed by atoms with Gasteiger partial charge in [0.2, 0.25) is 5.24 Å². The van der Waals surface area contributed by atoms with Gasteiger partial charge in [0, 0.05) is 11.3 Å². The smallest absolute Gasteiger partial charge is 0.229 e. The number of carbonyl (C=O) groups excluding carboxylic acids is 1. The first-order valence-electron chi connectivity index (χ1n) is 3.88. The van der Waals surface area contributed by atoms with Crippen LogP contribution in [0, 0.1) is 11.6 Å². The van der Waals surface area contributed by atoms with Gasteiger partial charge in [-0.1, -0.05) is 0 Å². The van der Waals surface area contributed by atoms with Crippen molar-refractivity contribution < 1.29 is 13.6 Å². The Labute approximate surface area is 84.7 Å². The summed E-state index contributed by atoms with van der Waals surface area (Å²) in [5, 5.41) is -0.777. The summed E-state index contributed by atoms with van der Waals surface area (Å²) < 4.78 is 26.0. The van der Waals surface area contributed by atoms with Gasteiger partial charge in [0.05, 0.1) is 5.92 Å². The molecule has 0 spiro atoms. The molecule has 0 aromatic heterocycles. The molecule has 0 saturated heterocycles. The van der Waals surface area contributed by atoms with Crippen LogP contribution >= 0.6 is 11.6 Å². The molecule has 0 radical (unpaired) electrons. The van der Waals surface area contributed by atoms with E-state index in [1.807, 2.05) is 0 Å². The molecule has 0 amide bonds. The van der Waals surface area contributed by atoms with Crippen molar-refractivity contribution in [1.29, 1.82) is 0 Å². The summed E-state index contributed by atoms with van der Waals surface area (Å²) >= 11 is 5.18. The van der Waals surface area contributed by atoms with Crippen molar-refractivity contribution in [2.75, 3.05) is 5.73 Å². The zero-order valence-electron chi connectivity index (χ0n) is 7.35. The van der Waals surface area contributed by atoms with Gasteiger partial charge in [0.1, 0.15) is 0 Å². The molecular weight excluding hydrogens is 212 g/mol. The molecule has 0 saturated carbocycles. The lowest BCUT2D eigenvalue weighted by molar-refractivity contribution is -0.112. The van der Waals surface area contributed by atoms with Crippen molar-refractivity contribution in [3.63, 3.8) is 0 Å². The molecule has 2 N–H and O–H groups in total. The highest BCUT2D eigenvalue weighted by molar-refractivity contribution is 6.64. The number of anilines is 1. The van der Waals surface area contributed by atoms with E-state index in [1.54, 1.807) is 0 Å². The molecular formula is C9H8ClF2NO. The Morgan fingerprint density at radius 2 is 2.07 bits per heavy atom. The molecule has 76 valence electrons. The van der Waals surface area contributed by atoms with Gasteiger partial charge in [-0.25, -0.2) is 8.78 Å². The molecule has 14 heavy (non-hydrogen) atoms. The lowest BCUT2D eigenvalue weighted by Gasteiger charge is -2.11. The first-order chi connectivity index (χ1) is 6.45. The highest BCUT2D eigenvalue weighted by Gasteiger charge is 2.22. The quantitative estimate of drug-likeness (QED) is 0.613. The molecule has 2 nitrogen and oxygen atoms in total. The van der Waals surface area contributed by atoms with Crippen LogP contribution in [0.1, 0.15) is 18.4 Å². The highest BCUT2D eigenvalue weighted by Crippen LogP contribution is 2.28. The molecule has 5 heteroatoms. The van der Waals surface area contributed by atoms with Crippen LogP contribution in [0.25, 0.3) is 0 Å². The molecule has 0 bridgehead atoms. The Balaban J connectivity index is 3.32. The fourth-order valence-electron chi connectivity index (χ4n) is 1.13. The third-order valence-electron chi connectivity index (χ3n) is 1.94. The van der Waals surface area contributed by atoms with Gasteiger partial charge >= 0.3 is 0 Å². The highest BCUT2D eigenvalue weighted by atomic mass is 35.5. The van der Waals surface area contributed by atoms with E-state index in [1.165, 1.54) is 13.0 Å². The summed E-state index contributed by atoms with van der Waals surface area (Å²) in [7, 11) is 0. The van der Waals surface area contributed by atoms with Crippen LogP contribution in [0.15, 0.2) is 12.1 Å². The molecule has 0 aliphatic rings. The monoisotopic (exact) mass is 219 g/mol. The summed E-state index contributed by atoms with van der Waals surface area (Å²) in [6, 6.07) is 2.10. The zero-order valence-corrected chi connectivity index (χ0v) is 8.11. The minimum Gasteiger partial charge on any atom is -0.398 e. The van der Waals surface area contributed by atoms with E-state index in [2.05, 4.69) is 0 Å². The van der Waals surface area contributed by atoms with E-state index in [-0.39, 0.29) is 11.3 Å². The second kappa shape index (κ2) is 3.92. The van der Waals surface area contributed by atoms with E-state index < -0.39 is 22.8 Å². The van der Waals surface area contributed by atoms with Crippen LogP contribution in [0.3, 0.4) is 0 Å². The minimum atomic E-state index is -1.12. The van der Waals surface area contributed by atoms with Crippen molar-refractivity contribution in [2.24, 2.45) is 0 Å². The number of benzene rings is 1. The predicted molar refractivity (Wildman–Crippen MR) is 50.0 cm³/mol. The summed E-state index contributed by atoms with van der Waals surface area (Å²) in [6.45, 7) is 1.36. The second-order valence-electron chi connectivity index (χ2n) is 2.89. The number of hydrogen-bond acceptors (Lipinski definition) is 2. The second-order valence-corrected chi connectivity index (χ2v) is 3.26. The van der Waals surface area contributed by atoms with Gasteiger partial charge in [-0.3, -0.25) is 4.79 Å². The van der Waals surface area contributed by atoms with Crippen LogP contribution in [0.2, 0.25) is 0 Å². The van der Waals surface area contributed by atoms with E-state index in [0.717, 1.165) is 6.07 Å². The third kappa shape index (κ3) is 1.85. The molecule has 0 aliphatic carbocycles. The molecule has 0 aliphatic heterocycles. The van der Waals surface area contributed by atoms with Crippen molar-refractivity contribution in [2.45, 2.75) is 12.8 Å². The van der Waals surface area contributed by atoms with E-state index in [9.17, 15) is 13.6 Å². The molecule has 1 rings (SSSR count). The maximum absolute atomic E-state index is 13.2. The summed E-state index contributed by atoms with van der Waals surface area (Å²) in [5.41, 5.74) is 5.24. The Bertz CT molecular complexity index is 381. The molecule has 1 atom stereocenters. The van der Waals surface area contributed by atoms with Gasteiger partial charge in [-0.05, 0) is 30.7 Å². The van der Waals surface area contributed by atoms with E-state index in [4.69, 9.17) is 17.3 Å². The molecule has 1 unspecified atom stereocenters. The SMILES string of the molecule is CC(C(=O)Cl)c1c(N)ccc(F)c1F. The Hall–Kier alpha value is -1.16. The Kier molecular flexibility index (Phi) is 3.06. The van der Waals surface area contributed by atoms with Crippen molar-refractivity contribution in [3.05, 3.63) is 29.3 Å². The van der Waals surface area contributed by atoms with Gasteiger partial charge in [-0.2, -0.15) is 0 Å². The fraction of sp³-hybridized carbons (Fsp3) is 0.222. The maximum Gasteiger partial charge on any atom is 0.229 e. The van der Waals surface area contributed by atoms with Crippen LogP contribution in [0.5, 0.6) is 0 Å². The predicted octanol–water partition coefficient (Wildman–Crippen LogP) is 2.42. The Morgan fingerprint density at radius 1 is 1.50 bits per heavy atom. The zero-order chi connectivity index (χ0) is 10.9. The van der Waals surface area contributed by atoms with Gasteiger partial charge in [0.15, 0.2) is 11.6 Å². The number of carbonyl (C=O) groups is 1. The summed E-state index contributed by atoms with van der Waals surface area (Å²) in [6.07, 6.45) is 0. The van der Waals surface area contributed by atoms with E-state index in [0.29, 0.717) is 0 Å². The number of hydrogen-bond donors (Lipinski definition) is 1. The van der Waals surface area contributed by atoms with Gasteiger partial charge in [0.25, 0.3) is 0 Å². The number of nitrogen functional groups attached to an aromatic ring is 1. The lowest BCUT2D eigenvalue weighted by Crippen LogP contribution is -2.09. The van der Waals surface area contributed by atoms with Crippen LogP contribution in [-0.2, 0) is 4.79 Å². The minimum absolute atomic E-state index is 0.0189. The lowest BCUT2D eigenvalue weighted by atomic mass is 10.00. The Morgan fingerprint density at radius 3 is 2.57 bits per heavy atom. The molecule has 1 aromatic rings. The summed E-state index contributed by atoms with van der Waals surface area (Å²) in [5.74, 6) is -3.11. The number of nitrogens with two attached hydrogens (primary N) is 1. The average molecular weight is 220 g/mol. The largest absolute Gasteiger partial charge is 0.398 e. The van der Waals surface area contributed by atoms with Gasteiger partial charge < -0.3 is 5.73 Å². The third-order valence-corrected chi connectivity index (χ3v) is 2.27. The molecule has 0 fully saturated rings. The average Bonchev–Trinajstić information content (AvgIpc) is 2.12. The molecule has 0 heterocycles. The van der Waals surface area contributed by atoms with Crippen molar-refractivity contribution in [3.8, 4) is 0 Å². The first-order valence-corrected chi connectivity index (χ1v) is 4.25. The maximum atomic E-state index is 13.2. The standard InChI is InChI=1S/C9H8ClF2NO/c1-4(9(10)14)7-6(13)3-2-5(11)8(7)12/h2-4H,13H2,1H3. The van der Waals surface area contributed by atoms with Crippen LogP contribution in [0.4, 0.5) is 14.5 Å². The van der Waals surface area contributed by atoms with Crippen molar-refractivity contribution >= 4 is 22.5 Å². The number of halogens is 3. The van der Waals surface area contributed by atoms with Crippen LogP contribution in [-0.4, -0.2) is 5.24 Å². The first kappa shape index (κ1) is 10.9.